The third-order valence-electron chi connectivity index (χ3n) is 3.11. The van der Waals surface area contributed by atoms with Crippen LogP contribution in [0.5, 0.6) is 0 Å². The van der Waals surface area contributed by atoms with E-state index >= 15 is 0 Å². The summed E-state index contributed by atoms with van der Waals surface area (Å²) in [5.74, 6) is 0. The second kappa shape index (κ2) is 7.62. The van der Waals surface area contributed by atoms with Gasteiger partial charge < -0.3 is 14.6 Å². The Morgan fingerprint density at radius 3 is 2.75 bits per heavy atom. The summed E-state index contributed by atoms with van der Waals surface area (Å²) in [4.78, 5) is 6.11. The van der Waals surface area contributed by atoms with E-state index in [1.807, 2.05) is 19.6 Å². The highest BCUT2D eigenvalue weighted by Gasteiger charge is 1.95. The summed E-state index contributed by atoms with van der Waals surface area (Å²) in [5, 5.41) is 8.82. The normalized spacial score (nSPS) is 11.6. The van der Waals surface area contributed by atoms with Gasteiger partial charge in [-0.15, -0.1) is 0 Å². The molecule has 0 aliphatic rings. The average molecular weight is 271 g/mol. The van der Waals surface area contributed by atoms with E-state index in [0.717, 1.165) is 13.1 Å². The molecule has 0 bridgehead atoms. The minimum absolute atomic E-state index is 0.202. The molecule has 1 aromatic carbocycles. The third-order valence-corrected chi connectivity index (χ3v) is 3.11. The average Bonchev–Trinajstić information content (AvgIpc) is 2.94. The monoisotopic (exact) mass is 271 g/mol. The molecule has 0 spiro atoms. The third kappa shape index (κ3) is 4.64. The maximum absolute atomic E-state index is 8.82. The van der Waals surface area contributed by atoms with Gasteiger partial charge in [0, 0.05) is 32.0 Å². The Balaban J connectivity index is 1.86. The molecule has 2 aromatic rings. The van der Waals surface area contributed by atoms with Crippen molar-refractivity contribution < 1.29 is 5.11 Å². The van der Waals surface area contributed by atoms with Crippen LogP contribution in [-0.2, 0) is 6.54 Å². The number of benzene rings is 1. The lowest BCUT2D eigenvalue weighted by molar-refractivity contribution is 0.232. The van der Waals surface area contributed by atoms with Crippen molar-refractivity contribution in [2.45, 2.75) is 6.54 Å². The van der Waals surface area contributed by atoms with Gasteiger partial charge in [0.25, 0.3) is 0 Å². The number of hydrogen-bond donors (Lipinski definition) is 1. The molecule has 1 N–H and O–H groups in total. The van der Waals surface area contributed by atoms with Gasteiger partial charge >= 0.3 is 0 Å². The van der Waals surface area contributed by atoms with Crippen molar-refractivity contribution in [3.05, 3.63) is 60.2 Å². The number of nitrogens with zero attached hydrogens (tertiary/aromatic N) is 3. The first-order chi connectivity index (χ1) is 9.78. The van der Waals surface area contributed by atoms with Crippen molar-refractivity contribution in [2.24, 2.45) is 0 Å². The molecule has 1 aromatic heterocycles. The van der Waals surface area contributed by atoms with Crippen LogP contribution in [0.2, 0.25) is 0 Å². The van der Waals surface area contributed by atoms with Crippen LogP contribution < -0.4 is 0 Å². The van der Waals surface area contributed by atoms with Crippen LogP contribution in [0.3, 0.4) is 0 Å². The standard InChI is InChI=1S/C16H21N3O/c1-18(11-12-20)9-2-3-15-4-6-16(7-5-15)13-19-10-8-17-14-19/h2-8,10,14,20H,9,11-13H2,1H3. The van der Waals surface area contributed by atoms with Crippen LogP contribution in [0.1, 0.15) is 11.1 Å². The zero-order valence-electron chi connectivity index (χ0n) is 11.8. The molecule has 0 aliphatic heterocycles. The Morgan fingerprint density at radius 1 is 1.30 bits per heavy atom. The van der Waals surface area contributed by atoms with E-state index in [1.165, 1.54) is 11.1 Å². The molecule has 0 atom stereocenters. The minimum Gasteiger partial charge on any atom is -0.395 e. The van der Waals surface area contributed by atoms with Gasteiger partial charge in [-0.1, -0.05) is 36.4 Å². The largest absolute Gasteiger partial charge is 0.395 e. The van der Waals surface area contributed by atoms with E-state index in [-0.39, 0.29) is 6.61 Å². The minimum atomic E-state index is 0.202. The Kier molecular flexibility index (Phi) is 5.53. The van der Waals surface area contributed by atoms with Crippen molar-refractivity contribution in [2.75, 3.05) is 26.7 Å². The summed E-state index contributed by atoms with van der Waals surface area (Å²) in [6, 6.07) is 8.51. The summed E-state index contributed by atoms with van der Waals surface area (Å²) in [7, 11) is 1.99. The second-order valence-corrected chi connectivity index (χ2v) is 4.86. The summed E-state index contributed by atoms with van der Waals surface area (Å²) in [5.41, 5.74) is 2.45. The van der Waals surface area contributed by atoms with E-state index in [9.17, 15) is 0 Å². The Bertz CT molecular complexity index is 517. The maximum Gasteiger partial charge on any atom is 0.0949 e. The zero-order valence-corrected chi connectivity index (χ0v) is 11.8. The molecule has 0 amide bonds. The Hall–Kier alpha value is -1.91. The highest BCUT2D eigenvalue weighted by molar-refractivity contribution is 5.49. The van der Waals surface area contributed by atoms with Gasteiger partial charge in [0.1, 0.15) is 0 Å². The Labute approximate surface area is 120 Å². The van der Waals surface area contributed by atoms with Crippen molar-refractivity contribution >= 4 is 6.08 Å². The summed E-state index contributed by atoms with van der Waals surface area (Å²) in [6.07, 6.45) is 9.80. The van der Waals surface area contributed by atoms with E-state index in [2.05, 4.69) is 50.9 Å². The molecule has 0 radical (unpaired) electrons. The summed E-state index contributed by atoms with van der Waals surface area (Å²) >= 11 is 0. The molecule has 0 aliphatic carbocycles. The molecule has 4 heteroatoms. The van der Waals surface area contributed by atoms with Gasteiger partial charge in [-0.2, -0.15) is 0 Å². The zero-order chi connectivity index (χ0) is 14.2. The lowest BCUT2D eigenvalue weighted by Crippen LogP contribution is -2.21. The lowest BCUT2D eigenvalue weighted by Gasteiger charge is -2.11. The number of aliphatic hydroxyl groups excluding tert-OH is 1. The summed E-state index contributed by atoms with van der Waals surface area (Å²) < 4.78 is 2.05. The van der Waals surface area contributed by atoms with Crippen molar-refractivity contribution in [1.82, 2.24) is 14.5 Å². The molecule has 0 fully saturated rings. The van der Waals surface area contributed by atoms with Crippen molar-refractivity contribution in [1.29, 1.82) is 0 Å². The first-order valence-corrected chi connectivity index (χ1v) is 6.78. The van der Waals surface area contributed by atoms with E-state index in [4.69, 9.17) is 5.11 Å². The SMILES string of the molecule is CN(CC=Cc1ccc(Cn2ccnc2)cc1)CCO. The molecule has 2 rings (SSSR count). The van der Waals surface area contributed by atoms with Crippen LogP contribution in [0.25, 0.3) is 6.08 Å². The van der Waals surface area contributed by atoms with E-state index in [0.29, 0.717) is 6.54 Å². The summed E-state index contributed by atoms with van der Waals surface area (Å²) in [6.45, 7) is 2.60. The number of aromatic nitrogens is 2. The molecule has 0 unspecified atom stereocenters. The predicted octanol–water partition coefficient (Wildman–Crippen LogP) is 1.87. The maximum atomic E-state index is 8.82. The number of likely N-dealkylation sites (N-methyl/N-ethyl adjacent to an activating group) is 1. The van der Waals surface area contributed by atoms with E-state index in [1.54, 1.807) is 6.20 Å². The molecule has 4 nitrogen and oxygen atoms in total. The topological polar surface area (TPSA) is 41.3 Å². The fourth-order valence-corrected chi connectivity index (χ4v) is 1.96. The van der Waals surface area contributed by atoms with Crippen LogP contribution in [0.4, 0.5) is 0 Å². The predicted molar refractivity (Wildman–Crippen MR) is 81.4 cm³/mol. The Morgan fingerprint density at radius 2 is 2.10 bits per heavy atom. The highest BCUT2D eigenvalue weighted by Crippen LogP contribution is 2.08. The molecule has 1 heterocycles. The number of aliphatic hydroxyl groups is 1. The van der Waals surface area contributed by atoms with Gasteiger partial charge in [0.15, 0.2) is 0 Å². The number of hydrogen-bond acceptors (Lipinski definition) is 3. The van der Waals surface area contributed by atoms with Crippen molar-refractivity contribution in [3.8, 4) is 0 Å². The molecule has 20 heavy (non-hydrogen) atoms. The number of rotatable bonds is 7. The van der Waals surface area contributed by atoms with Gasteiger partial charge in [0.2, 0.25) is 0 Å². The second-order valence-electron chi connectivity index (χ2n) is 4.86. The van der Waals surface area contributed by atoms with Crippen LogP contribution in [0.15, 0.2) is 49.1 Å². The molecule has 0 saturated carbocycles. The molecule has 0 saturated heterocycles. The fraction of sp³-hybridized carbons (Fsp3) is 0.312. The van der Waals surface area contributed by atoms with Crippen LogP contribution >= 0.6 is 0 Å². The lowest BCUT2D eigenvalue weighted by atomic mass is 10.1. The smallest absolute Gasteiger partial charge is 0.0949 e. The van der Waals surface area contributed by atoms with Gasteiger partial charge in [-0.3, -0.25) is 0 Å². The van der Waals surface area contributed by atoms with Gasteiger partial charge in [-0.05, 0) is 18.2 Å². The molecule has 106 valence electrons. The quantitative estimate of drug-likeness (QED) is 0.836. The highest BCUT2D eigenvalue weighted by atomic mass is 16.3. The molecular formula is C16H21N3O. The first-order valence-electron chi connectivity index (χ1n) is 6.78. The van der Waals surface area contributed by atoms with Crippen molar-refractivity contribution in [3.63, 3.8) is 0 Å². The van der Waals surface area contributed by atoms with Gasteiger partial charge in [0.05, 0.1) is 12.9 Å². The molecular weight excluding hydrogens is 250 g/mol. The van der Waals surface area contributed by atoms with Gasteiger partial charge in [-0.25, -0.2) is 4.98 Å². The number of imidazole rings is 1. The van der Waals surface area contributed by atoms with Crippen LogP contribution in [-0.4, -0.2) is 46.3 Å². The fourth-order valence-electron chi connectivity index (χ4n) is 1.96. The van der Waals surface area contributed by atoms with E-state index < -0.39 is 0 Å². The first kappa shape index (κ1) is 14.5. The van der Waals surface area contributed by atoms with Crippen LogP contribution in [0, 0.1) is 0 Å².